The van der Waals surface area contributed by atoms with Gasteiger partial charge in [0.05, 0.1) is 11.7 Å². The van der Waals surface area contributed by atoms with Crippen molar-refractivity contribution in [2.45, 2.75) is 24.8 Å². The molecule has 1 aromatic carbocycles. The van der Waals surface area contributed by atoms with Gasteiger partial charge < -0.3 is 5.11 Å². The van der Waals surface area contributed by atoms with Crippen LogP contribution >= 0.6 is 11.8 Å². The summed E-state index contributed by atoms with van der Waals surface area (Å²) in [5.74, 6) is 0.212. The van der Waals surface area contributed by atoms with Gasteiger partial charge in [-0.25, -0.2) is 4.68 Å². The van der Waals surface area contributed by atoms with Crippen LogP contribution in [0.5, 0.6) is 5.88 Å². The summed E-state index contributed by atoms with van der Waals surface area (Å²) in [6.07, 6.45) is 2.05. The lowest BCUT2D eigenvalue weighted by molar-refractivity contribution is 0.378. The van der Waals surface area contributed by atoms with Crippen molar-refractivity contribution in [1.82, 2.24) is 9.78 Å². The van der Waals surface area contributed by atoms with Gasteiger partial charge in [0.1, 0.15) is 0 Å². The zero-order valence-corrected chi connectivity index (χ0v) is 11.0. The quantitative estimate of drug-likeness (QED) is 0.844. The standard InChI is InChI=1S/C13H16N2OS/c1-9(2)15-13(16)8-12(14-15)10-4-6-11(17-3)7-5-10/h4-9,16H,1-3H3. The molecule has 0 bridgehead atoms. The van der Waals surface area contributed by atoms with Crippen molar-refractivity contribution < 1.29 is 5.11 Å². The molecule has 1 N–H and O–H groups in total. The molecular formula is C13H16N2OS. The molecule has 0 aliphatic heterocycles. The van der Waals surface area contributed by atoms with Gasteiger partial charge in [0.15, 0.2) is 0 Å². The van der Waals surface area contributed by atoms with Gasteiger partial charge in [-0.3, -0.25) is 0 Å². The first-order chi connectivity index (χ1) is 8.11. The second-order valence-corrected chi connectivity index (χ2v) is 5.03. The first-order valence-corrected chi connectivity index (χ1v) is 6.77. The van der Waals surface area contributed by atoms with Gasteiger partial charge in [0, 0.05) is 16.5 Å². The van der Waals surface area contributed by atoms with Gasteiger partial charge in [-0.05, 0) is 32.2 Å². The molecule has 0 aliphatic rings. The minimum atomic E-state index is 0.161. The summed E-state index contributed by atoms with van der Waals surface area (Å²) in [5.41, 5.74) is 1.83. The molecule has 0 saturated heterocycles. The SMILES string of the molecule is CSc1ccc(-c2cc(O)n(C(C)C)n2)cc1. The van der Waals surface area contributed by atoms with Crippen LogP contribution in [0.4, 0.5) is 0 Å². The predicted octanol–water partition coefficient (Wildman–Crippen LogP) is 3.56. The van der Waals surface area contributed by atoms with E-state index in [1.165, 1.54) is 4.90 Å². The Labute approximate surface area is 105 Å². The fourth-order valence-electron chi connectivity index (χ4n) is 1.67. The summed E-state index contributed by atoms with van der Waals surface area (Å²) in [5, 5.41) is 14.2. The molecule has 0 atom stereocenters. The van der Waals surface area contributed by atoms with Crippen molar-refractivity contribution in [3.8, 4) is 17.1 Å². The van der Waals surface area contributed by atoms with E-state index < -0.39 is 0 Å². The molecule has 0 saturated carbocycles. The molecule has 0 amide bonds. The largest absolute Gasteiger partial charge is 0.493 e. The monoisotopic (exact) mass is 248 g/mol. The average Bonchev–Trinajstić information content (AvgIpc) is 2.71. The third-order valence-corrected chi connectivity index (χ3v) is 3.33. The normalized spacial score (nSPS) is 11.1. The molecule has 1 aromatic heterocycles. The molecule has 0 aliphatic carbocycles. The Hall–Kier alpha value is -1.42. The summed E-state index contributed by atoms with van der Waals surface area (Å²) in [6.45, 7) is 3.99. The van der Waals surface area contributed by atoms with Gasteiger partial charge in [0.2, 0.25) is 5.88 Å². The fraction of sp³-hybridized carbons (Fsp3) is 0.308. The molecule has 2 aromatic rings. The Bertz CT molecular complexity index is 503. The second kappa shape index (κ2) is 4.84. The van der Waals surface area contributed by atoms with Crippen molar-refractivity contribution in [2.75, 3.05) is 6.26 Å². The third kappa shape index (κ3) is 2.47. The first-order valence-electron chi connectivity index (χ1n) is 5.54. The van der Waals surface area contributed by atoms with Crippen molar-refractivity contribution >= 4 is 11.8 Å². The van der Waals surface area contributed by atoms with E-state index in [-0.39, 0.29) is 11.9 Å². The Kier molecular flexibility index (Phi) is 3.43. The summed E-state index contributed by atoms with van der Waals surface area (Å²) >= 11 is 1.71. The first kappa shape index (κ1) is 12.0. The maximum atomic E-state index is 9.76. The number of hydrogen-bond donors (Lipinski definition) is 1. The van der Waals surface area contributed by atoms with E-state index in [0.29, 0.717) is 0 Å². The van der Waals surface area contributed by atoms with Crippen LogP contribution in [0.2, 0.25) is 0 Å². The van der Waals surface area contributed by atoms with E-state index in [9.17, 15) is 5.11 Å². The van der Waals surface area contributed by atoms with E-state index in [1.54, 1.807) is 22.5 Å². The number of rotatable bonds is 3. The van der Waals surface area contributed by atoms with Crippen molar-refractivity contribution in [3.05, 3.63) is 30.3 Å². The number of thioether (sulfide) groups is 1. The van der Waals surface area contributed by atoms with E-state index in [0.717, 1.165) is 11.3 Å². The van der Waals surface area contributed by atoms with Gasteiger partial charge in [0.25, 0.3) is 0 Å². The van der Waals surface area contributed by atoms with Gasteiger partial charge >= 0.3 is 0 Å². The van der Waals surface area contributed by atoms with Crippen LogP contribution in [0.3, 0.4) is 0 Å². The smallest absolute Gasteiger partial charge is 0.210 e. The molecule has 17 heavy (non-hydrogen) atoms. The Morgan fingerprint density at radius 3 is 2.35 bits per heavy atom. The van der Waals surface area contributed by atoms with Crippen LogP contribution < -0.4 is 0 Å². The molecule has 2 rings (SSSR count). The highest BCUT2D eigenvalue weighted by atomic mass is 32.2. The lowest BCUT2D eigenvalue weighted by Crippen LogP contribution is -2.01. The maximum Gasteiger partial charge on any atom is 0.210 e. The minimum Gasteiger partial charge on any atom is -0.493 e. The van der Waals surface area contributed by atoms with Crippen molar-refractivity contribution in [2.24, 2.45) is 0 Å². The highest BCUT2D eigenvalue weighted by molar-refractivity contribution is 7.98. The summed E-state index contributed by atoms with van der Waals surface area (Å²) < 4.78 is 1.62. The summed E-state index contributed by atoms with van der Waals surface area (Å²) in [7, 11) is 0. The van der Waals surface area contributed by atoms with Crippen LogP contribution in [0, 0.1) is 0 Å². The molecule has 0 spiro atoms. The summed E-state index contributed by atoms with van der Waals surface area (Å²) in [6, 6.07) is 10.0. The number of nitrogens with zero attached hydrogens (tertiary/aromatic N) is 2. The second-order valence-electron chi connectivity index (χ2n) is 4.15. The molecule has 0 fully saturated rings. The van der Waals surface area contributed by atoms with E-state index >= 15 is 0 Å². The number of hydrogen-bond acceptors (Lipinski definition) is 3. The van der Waals surface area contributed by atoms with Crippen LogP contribution in [-0.2, 0) is 0 Å². The van der Waals surface area contributed by atoms with Gasteiger partial charge in [-0.1, -0.05) is 12.1 Å². The minimum absolute atomic E-state index is 0.161. The van der Waals surface area contributed by atoms with Crippen LogP contribution in [0.1, 0.15) is 19.9 Å². The summed E-state index contributed by atoms with van der Waals surface area (Å²) in [4.78, 5) is 1.22. The van der Waals surface area contributed by atoms with Crippen molar-refractivity contribution in [1.29, 1.82) is 0 Å². The molecule has 3 nitrogen and oxygen atoms in total. The third-order valence-electron chi connectivity index (χ3n) is 2.59. The molecule has 0 radical (unpaired) electrons. The van der Waals surface area contributed by atoms with Crippen LogP contribution in [0.25, 0.3) is 11.3 Å². The predicted molar refractivity (Wildman–Crippen MR) is 71.5 cm³/mol. The van der Waals surface area contributed by atoms with Crippen LogP contribution in [0.15, 0.2) is 35.2 Å². The zero-order chi connectivity index (χ0) is 12.4. The lowest BCUT2D eigenvalue weighted by Gasteiger charge is -2.05. The average molecular weight is 248 g/mol. The van der Waals surface area contributed by atoms with Gasteiger partial charge in [-0.2, -0.15) is 5.10 Å². The van der Waals surface area contributed by atoms with Gasteiger partial charge in [-0.15, -0.1) is 11.8 Å². The van der Waals surface area contributed by atoms with Crippen molar-refractivity contribution in [3.63, 3.8) is 0 Å². The van der Waals surface area contributed by atoms with Crippen LogP contribution in [-0.4, -0.2) is 21.1 Å². The van der Waals surface area contributed by atoms with E-state index in [2.05, 4.69) is 17.2 Å². The molecular weight excluding hydrogens is 232 g/mol. The number of aromatic hydroxyl groups is 1. The number of benzene rings is 1. The number of aromatic nitrogens is 2. The Morgan fingerprint density at radius 1 is 1.24 bits per heavy atom. The lowest BCUT2D eigenvalue weighted by atomic mass is 10.2. The zero-order valence-electron chi connectivity index (χ0n) is 10.2. The molecule has 1 heterocycles. The highest BCUT2D eigenvalue weighted by Crippen LogP contribution is 2.26. The molecule has 4 heteroatoms. The topological polar surface area (TPSA) is 38.0 Å². The molecule has 0 unspecified atom stereocenters. The van der Waals surface area contributed by atoms with E-state index in [1.807, 2.05) is 32.2 Å². The Morgan fingerprint density at radius 2 is 1.88 bits per heavy atom. The molecule has 90 valence electrons. The maximum absolute atomic E-state index is 9.76. The fourth-order valence-corrected chi connectivity index (χ4v) is 2.08. The highest BCUT2D eigenvalue weighted by Gasteiger charge is 2.10. The Balaban J connectivity index is 2.36. The van der Waals surface area contributed by atoms with E-state index in [4.69, 9.17) is 0 Å².